The van der Waals surface area contributed by atoms with E-state index in [-0.39, 0.29) is 0 Å². The molecule has 0 aliphatic heterocycles. The number of ether oxygens (including phenoxy) is 2. The zero-order chi connectivity index (χ0) is 13.2. The number of aromatic hydroxyl groups is 1. The number of phenolic OH excluding ortho intramolecular Hbond substituents is 1. The summed E-state index contributed by atoms with van der Waals surface area (Å²) in [6, 6.07) is 0.664. The van der Waals surface area contributed by atoms with Crippen LogP contribution in [0.4, 0.5) is 11.4 Å². The molecule has 92 valence electrons. The lowest BCUT2D eigenvalue weighted by Crippen LogP contribution is -2.00. The first kappa shape index (κ1) is 12.5. The zero-order valence-corrected chi connectivity index (χ0v) is 8.87. The first-order valence-corrected chi connectivity index (χ1v) is 4.20. The molecule has 1 aromatic rings. The van der Waals surface area contributed by atoms with Gasteiger partial charge in [0.2, 0.25) is 17.2 Å². The lowest BCUT2D eigenvalue weighted by Gasteiger charge is -2.08. The zero-order valence-electron chi connectivity index (χ0n) is 8.87. The lowest BCUT2D eigenvalue weighted by molar-refractivity contribution is -0.395. The number of nitrogens with zero attached hydrogens (tertiary/aromatic N) is 2. The average Bonchev–Trinajstić information content (AvgIpc) is 2.27. The summed E-state index contributed by atoms with van der Waals surface area (Å²) in [6.07, 6.45) is 0. The fourth-order valence-electron chi connectivity index (χ4n) is 1.28. The number of hydrogen-bond donors (Lipinski definition) is 1. The molecule has 0 spiro atoms. The molecule has 0 radical (unpaired) electrons. The summed E-state index contributed by atoms with van der Waals surface area (Å²) in [4.78, 5) is 19.5. The molecule has 0 saturated carbocycles. The Morgan fingerprint density at radius 3 is 1.65 bits per heavy atom. The normalized spacial score (nSPS) is 9.76. The topological polar surface area (TPSA) is 125 Å². The minimum absolute atomic E-state index is 0.488. The summed E-state index contributed by atoms with van der Waals surface area (Å²) in [5, 5.41) is 30.9. The van der Waals surface area contributed by atoms with Crippen LogP contribution in [0.3, 0.4) is 0 Å². The third-order valence-corrected chi connectivity index (χ3v) is 1.97. The predicted octanol–water partition coefficient (Wildman–Crippen LogP) is 1.23. The van der Waals surface area contributed by atoms with Crippen molar-refractivity contribution in [2.45, 2.75) is 0 Å². The lowest BCUT2D eigenvalue weighted by atomic mass is 10.2. The van der Waals surface area contributed by atoms with Crippen LogP contribution in [0.25, 0.3) is 0 Å². The van der Waals surface area contributed by atoms with Gasteiger partial charge in [-0.3, -0.25) is 20.2 Å². The van der Waals surface area contributed by atoms with Crippen LogP contribution in [0.2, 0.25) is 0 Å². The predicted molar refractivity (Wildman–Crippen MR) is 54.5 cm³/mol. The van der Waals surface area contributed by atoms with Crippen LogP contribution in [-0.2, 0) is 0 Å². The fraction of sp³-hybridized carbons (Fsp3) is 0.250. The maximum Gasteiger partial charge on any atom is 0.322 e. The number of rotatable bonds is 4. The highest BCUT2D eigenvalue weighted by Crippen LogP contribution is 2.48. The highest BCUT2D eigenvalue weighted by molar-refractivity contribution is 5.70. The quantitative estimate of drug-likeness (QED) is 0.623. The molecule has 0 unspecified atom stereocenters. The van der Waals surface area contributed by atoms with Crippen molar-refractivity contribution < 1.29 is 24.4 Å². The van der Waals surface area contributed by atoms with Crippen molar-refractivity contribution in [3.8, 4) is 17.2 Å². The van der Waals surface area contributed by atoms with Crippen LogP contribution >= 0.6 is 0 Å². The van der Waals surface area contributed by atoms with Gasteiger partial charge in [-0.15, -0.1) is 0 Å². The first-order chi connectivity index (χ1) is 7.93. The van der Waals surface area contributed by atoms with Crippen molar-refractivity contribution >= 4 is 11.4 Å². The smallest absolute Gasteiger partial charge is 0.322 e. The van der Waals surface area contributed by atoms with Gasteiger partial charge in [0.25, 0.3) is 0 Å². The van der Waals surface area contributed by atoms with E-state index in [4.69, 9.17) is 0 Å². The standard InChI is InChI=1S/C8H8N2O7/c1-16-7-4(9(12)13)3-5(10(14)15)8(17-2)6(7)11/h3,11H,1-2H3. The molecule has 0 bridgehead atoms. The van der Waals surface area contributed by atoms with Gasteiger partial charge in [0.05, 0.1) is 24.1 Å². The molecule has 0 aliphatic rings. The van der Waals surface area contributed by atoms with Gasteiger partial charge in [0.15, 0.2) is 0 Å². The molecule has 0 amide bonds. The Hall–Kier alpha value is -2.58. The SMILES string of the molecule is COc1c([N+](=O)[O-])cc([N+](=O)[O-])c(OC)c1O. The molecule has 0 aliphatic carbocycles. The van der Waals surface area contributed by atoms with E-state index in [9.17, 15) is 25.3 Å². The van der Waals surface area contributed by atoms with Crippen LogP contribution in [-0.4, -0.2) is 29.2 Å². The molecular formula is C8H8N2O7. The first-order valence-electron chi connectivity index (χ1n) is 4.20. The molecular weight excluding hydrogens is 236 g/mol. The van der Waals surface area contributed by atoms with Crippen molar-refractivity contribution in [2.75, 3.05) is 14.2 Å². The van der Waals surface area contributed by atoms with E-state index < -0.39 is 38.5 Å². The van der Waals surface area contributed by atoms with Crippen LogP contribution in [0.5, 0.6) is 17.2 Å². The second kappa shape index (κ2) is 4.51. The fourth-order valence-corrected chi connectivity index (χ4v) is 1.28. The molecule has 1 aromatic carbocycles. The Kier molecular flexibility index (Phi) is 3.31. The average molecular weight is 244 g/mol. The highest BCUT2D eigenvalue weighted by Gasteiger charge is 2.31. The number of nitro groups is 2. The van der Waals surface area contributed by atoms with Gasteiger partial charge in [-0.25, -0.2) is 0 Å². The Bertz CT molecular complexity index is 445. The molecule has 0 fully saturated rings. The summed E-state index contributed by atoms with van der Waals surface area (Å²) in [7, 11) is 2.18. The van der Waals surface area contributed by atoms with Gasteiger partial charge in [-0.2, -0.15) is 0 Å². The van der Waals surface area contributed by atoms with Gasteiger partial charge >= 0.3 is 11.4 Å². The molecule has 1 rings (SSSR count). The van der Waals surface area contributed by atoms with Crippen LogP contribution in [0.1, 0.15) is 0 Å². The number of hydrogen-bond acceptors (Lipinski definition) is 7. The second-order valence-electron chi connectivity index (χ2n) is 2.84. The molecule has 0 heterocycles. The summed E-state index contributed by atoms with van der Waals surface area (Å²) in [5.74, 6) is -1.76. The van der Waals surface area contributed by atoms with Gasteiger partial charge in [-0.1, -0.05) is 0 Å². The largest absolute Gasteiger partial charge is 0.501 e. The van der Waals surface area contributed by atoms with Crippen molar-refractivity contribution in [3.63, 3.8) is 0 Å². The minimum Gasteiger partial charge on any atom is -0.501 e. The van der Waals surface area contributed by atoms with Crippen molar-refractivity contribution in [1.82, 2.24) is 0 Å². The van der Waals surface area contributed by atoms with E-state index in [0.29, 0.717) is 6.07 Å². The molecule has 1 N–H and O–H groups in total. The number of benzene rings is 1. The van der Waals surface area contributed by atoms with Crippen LogP contribution in [0.15, 0.2) is 6.07 Å². The summed E-state index contributed by atoms with van der Waals surface area (Å²) in [6.45, 7) is 0. The van der Waals surface area contributed by atoms with E-state index in [1.54, 1.807) is 0 Å². The van der Waals surface area contributed by atoms with Gasteiger partial charge in [0, 0.05) is 0 Å². The van der Waals surface area contributed by atoms with Crippen molar-refractivity contribution in [1.29, 1.82) is 0 Å². The summed E-state index contributed by atoms with van der Waals surface area (Å²) >= 11 is 0. The third kappa shape index (κ3) is 2.02. The van der Waals surface area contributed by atoms with Crippen LogP contribution < -0.4 is 9.47 Å². The van der Waals surface area contributed by atoms with Crippen LogP contribution in [0, 0.1) is 20.2 Å². The number of methoxy groups -OCH3 is 2. The van der Waals surface area contributed by atoms with E-state index in [1.165, 1.54) is 0 Å². The van der Waals surface area contributed by atoms with Crippen molar-refractivity contribution in [3.05, 3.63) is 26.3 Å². The Labute approximate surface area is 94.5 Å². The molecule has 9 nitrogen and oxygen atoms in total. The Morgan fingerprint density at radius 1 is 1.06 bits per heavy atom. The third-order valence-electron chi connectivity index (χ3n) is 1.97. The van der Waals surface area contributed by atoms with E-state index in [1.807, 2.05) is 0 Å². The summed E-state index contributed by atoms with van der Waals surface area (Å²) < 4.78 is 9.24. The molecule has 0 aromatic heterocycles. The Balaban J connectivity index is 3.66. The van der Waals surface area contributed by atoms with Crippen molar-refractivity contribution in [2.24, 2.45) is 0 Å². The molecule has 9 heteroatoms. The summed E-state index contributed by atoms with van der Waals surface area (Å²) in [5.41, 5.74) is -1.42. The maximum atomic E-state index is 10.7. The van der Waals surface area contributed by atoms with Gasteiger partial charge in [-0.05, 0) is 0 Å². The second-order valence-corrected chi connectivity index (χ2v) is 2.84. The van der Waals surface area contributed by atoms with Gasteiger partial charge in [0.1, 0.15) is 6.07 Å². The minimum atomic E-state index is -0.898. The number of phenols is 1. The molecule has 17 heavy (non-hydrogen) atoms. The van der Waals surface area contributed by atoms with E-state index in [0.717, 1.165) is 14.2 Å². The Morgan fingerprint density at radius 2 is 1.41 bits per heavy atom. The molecule has 0 atom stereocenters. The van der Waals surface area contributed by atoms with Gasteiger partial charge < -0.3 is 14.6 Å². The highest BCUT2D eigenvalue weighted by atomic mass is 16.6. The maximum absolute atomic E-state index is 10.7. The molecule has 0 saturated heterocycles. The van der Waals surface area contributed by atoms with E-state index >= 15 is 0 Å². The monoisotopic (exact) mass is 244 g/mol. The number of nitro benzene ring substituents is 2. The van der Waals surface area contributed by atoms with E-state index in [2.05, 4.69) is 9.47 Å².